The normalized spacial score (nSPS) is 20.5. The quantitative estimate of drug-likeness (QED) is 0.740. The maximum absolute atomic E-state index is 10.4. The molecule has 0 aromatic carbocycles. The number of piperidine rings is 1. The molecule has 0 bridgehead atoms. The molecule has 1 aromatic heterocycles. The molecule has 2 rings (SSSR count). The fourth-order valence-electron chi connectivity index (χ4n) is 2.24. The van der Waals surface area contributed by atoms with Gasteiger partial charge in [-0.1, -0.05) is 0 Å². The highest BCUT2D eigenvalue weighted by Gasteiger charge is 2.30. The van der Waals surface area contributed by atoms with Crippen molar-refractivity contribution in [3.8, 4) is 0 Å². The van der Waals surface area contributed by atoms with Gasteiger partial charge in [-0.05, 0) is 38.9 Å². The van der Waals surface area contributed by atoms with Crippen LogP contribution in [0, 0.1) is 6.92 Å². The van der Waals surface area contributed by atoms with Crippen LogP contribution in [0.3, 0.4) is 0 Å². The first-order valence-corrected chi connectivity index (χ1v) is 5.52. The Bertz CT molecular complexity index is 340. The lowest BCUT2D eigenvalue weighted by Gasteiger charge is -2.32. The summed E-state index contributed by atoms with van der Waals surface area (Å²) in [4.78, 5) is 0. The lowest BCUT2D eigenvalue weighted by molar-refractivity contribution is 0.00926. The topological polar surface area (TPSA) is 50.1 Å². The zero-order chi connectivity index (χ0) is 10.9. The monoisotopic (exact) mass is 209 g/mol. The van der Waals surface area contributed by atoms with Gasteiger partial charge in [-0.25, -0.2) is 0 Å². The van der Waals surface area contributed by atoms with Crippen molar-refractivity contribution in [2.24, 2.45) is 7.05 Å². The van der Waals surface area contributed by atoms with Crippen molar-refractivity contribution in [2.75, 3.05) is 13.1 Å². The van der Waals surface area contributed by atoms with E-state index in [1.807, 2.05) is 18.7 Å². The van der Waals surface area contributed by atoms with Gasteiger partial charge in [0.25, 0.3) is 0 Å². The highest BCUT2D eigenvalue weighted by atomic mass is 16.3. The third-order valence-electron chi connectivity index (χ3n) is 3.14. The number of hydrogen-bond acceptors (Lipinski definition) is 3. The van der Waals surface area contributed by atoms with Crippen LogP contribution in [0.1, 0.15) is 24.2 Å². The Morgan fingerprint density at radius 3 is 2.73 bits per heavy atom. The number of hydrogen-bond donors (Lipinski definition) is 2. The van der Waals surface area contributed by atoms with E-state index in [1.54, 1.807) is 0 Å². The van der Waals surface area contributed by atoms with Crippen molar-refractivity contribution < 1.29 is 5.11 Å². The van der Waals surface area contributed by atoms with Gasteiger partial charge in [-0.15, -0.1) is 0 Å². The van der Waals surface area contributed by atoms with E-state index in [-0.39, 0.29) is 0 Å². The van der Waals surface area contributed by atoms with E-state index in [2.05, 4.69) is 16.5 Å². The van der Waals surface area contributed by atoms with E-state index >= 15 is 0 Å². The lowest BCUT2D eigenvalue weighted by atomic mass is 9.88. The second-order valence-corrected chi connectivity index (χ2v) is 4.55. The van der Waals surface area contributed by atoms with Crippen LogP contribution < -0.4 is 5.32 Å². The van der Waals surface area contributed by atoms with Crippen molar-refractivity contribution in [1.29, 1.82) is 0 Å². The molecule has 1 aromatic rings. The molecule has 84 valence electrons. The SMILES string of the molecule is Cc1cc(CC2(O)CCNCC2)n(C)n1. The van der Waals surface area contributed by atoms with E-state index in [1.165, 1.54) is 0 Å². The molecule has 0 unspecified atom stereocenters. The van der Waals surface area contributed by atoms with Gasteiger partial charge < -0.3 is 10.4 Å². The summed E-state index contributed by atoms with van der Waals surface area (Å²) in [6.07, 6.45) is 2.38. The number of aliphatic hydroxyl groups is 1. The van der Waals surface area contributed by atoms with Gasteiger partial charge in [0, 0.05) is 19.2 Å². The van der Waals surface area contributed by atoms with Gasteiger partial charge >= 0.3 is 0 Å². The maximum Gasteiger partial charge on any atom is 0.0727 e. The molecule has 1 aliphatic heterocycles. The van der Waals surface area contributed by atoms with Crippen LogP contribution in [0.2, 0.25) is 0 Å². The van der Waals surface area contributed by atoms with E-state index in [9.17, 15) is 5.11 Å². The van der Waals surface area contributed by atoms with Crippen molar-refractivity contribution in [3.63, 3.8) is 0 Å². The Balaban J connectivity index is 2.09. The average Bonchev–Trinajstić information content (AvgIpc) is 2.45. The summed E-state index contributed by atoms with van der Waals surface area (Å²) in [6.45, 7) is 3.80. The summed E-state index contributed by atoms with van der Waals surface area (Å²) in [7, 11) is 1.94. The van der Waals surface area contributed by atoms with Crippen LogP contribution in [0.25, 0.3) is 0 Å². The Labute approximate surface area is 90.3 Å². The first-order chi connectivity index (χ1) is 7.09. The van der Waals surface area contributed by atoms with Gasteiger partial charge in [-0.2, -0.15) is 5.10 Å². The average molecular weight is 209 g/mol. The fraction of sp³-hybridized carbons (Fsp3) is 0.727. The first kappa shape index (κ1) is 10.6. The molecule has 0 radical (unpaired) electrons. The number of aromatic nitrogens is 2. The molecule has 4 heteroatoms. The van der Waals surface area contributed by atoms with Gasteiger partial charge in [0.05, 0.1) is 11.3 Å². The van der Waals surface area contributed by atoms with Gasteiger partial charge in [0.2, 0.25) is 0 Å². The summed E-state index contributed by atoms with van der Waals surface area (Å²) in [5.74, 6) is 0. The Morgan fingerprint density at radius 2 is 2.20 bits per heavy atom. The fourth-order valence-corrected chi connectivity index (χ4v) is 2.24. The van der Waals surface area contributed by atoms with E-state index < -0.39 is 5.60 Å². The largest absolute Gasteiger partial charge is 0.389 e. The molecule has 2 heterocycles. The van der Waals surface area contributed by atoms with Crippen LogP contribution in [0.5, 0.6) is 0 Å². The van der Waals surface area contributed by atoms with Gasteiger partial charge in [0.15, 0.2) is 0 Å². The minimum absolute atomic E-state index is 0.536. The summed E-state index contributed by atoms with van der Waals surface area (Å²) in [6, 6.07) is 2.06. The van der Waals surface area contributed by atoms with Crippen LogP contribution in [-0.2, 0) is 13.5 Å². The smallest absolute Gasteiger partial charge is 0.0727 e. The third-order valence-corrected chi connectivity index (χ3v) is 3.14. The van der Waals surface area contributed by atoms with E-state index in [4.69, 9.17) is 0 Å². The predicted molar refractivity (Wildman–Crippen MR) is 58.7 cm³/mol. The van der Waals surface area contributed by atoms with Gasteiger partial charge in [-0.3, -0.25) is 4.68 Å². The number of aryl methyl sites for hydroxylation is 2. The number of nitrogens with one attached hydrogen (secondary N) is 1. The molecular weight excluding hydrogens is 190 g/mol. The number of rotatable bonds is 2. The Hall–Kier alpha value is -0.870. The molecule has 0 aliphatic carbocycles. The minimum atomic E-state index is -0.536. The highest BCUT2D eigenvalue weighted by Crippen LogP contribution is 2.23. The van der Waals surface area contributed by atoms with Crippen molar-refractivity contribution in [3.05, 3.63) is 17.5 Å². The maximum atomic E-state index is 10.4. The van der Waals surface area contributed by atoms with Gasteiger partial charge in [0.1, 0.15) is 0 Å². The molecular formula is C11H19N3O. The molecule has 4 nitrogen and oxygen atoms in total. The van der Waals surface area contributed by atoms with Crippen molar-refractivity contribution in [1.82, 2.24) is 15.1 Å². The first-order valence-electron chi connectivity index (χ1n) is 5.52. The van der Waals surface area contributed by atoms with Crippen LogP contribution in [-0.4, -0.2) is 33.6 Å². The molecule has 1 aliphatic rings. The zero-order valence-electron chi connectivity index (χ0n) is 9.45. The predicted octanol–water partition coefficient (Wildman–Crippen LogP) is 0.386. The lowest BCUT2D eigenvalue weighted by Crippen LogP contribution is -2.43. The van der Waals surface area contributed by atoms with Crippen molar-refractivity contribution >= 4 is 0 Å². The van der Waals surface area contributed by atoms with Crippen LogP contribution >= 0.6 is 0 Å². The molecule has 0 atom stereocenters. The number of nitrogens with zero attached hydrogens (tertiary/aromatic N) is 2. The van der Waals surface area contributed by atoms with E-state index in [0.29, 0.717) is 6.42 Å². The molecule has 2 N–H and O–H groups in total. The van der Waals surface area contributed by atoms with E-state index in [0.717, 1.165) is 37.3 Å². The Morgan fingerprint density at radius 1 is 1.53 bits per heavy atom. The minimum Gasteiger partial charge on any atom is -0.389 e. The summed E-state index contributed by atoms with van der Waals surface area (Å²) >= 11 is 0. The molecule has 0 spiro atoms. The Kier molecular flexibility index (Phi) is 2.80. The summed E-state index contributed by atoms with van der Waals surface area (Å²) < 4.78 is 1.87. The standard InChI is InChI=1S/C11H19N3O/c1-9-7-10(14(2)13-9)8-11(15)3-5-12-6-4-11/h7,12,15H,3-6,8H2,1-2H3. The van der Waals surface area contributed by atoms with Crippen molar-refractivity contribution in [2.45, 2.75) is 31.8 Å². The van der Waals surface area contributed by atoms with Crippen LogP contribution in [0.4, 0.5) is 0 Å². The van der Waals surface area contributed by atoms with Crippen LogP contribution in [0.15, 0.2) is 6.07 Å². The second-order valence-electron chi connectivity index (χ2n) is 4.55. The molecule has 1 fully saturated rings. The summed E-state index contributed by atoms with van der Waals surface area (Å²) in [5, 5.41) is 17.9. The third kappa shape index (κ3) is 2.38. The molecule has 1 saturated heterocycles. The second kappa shape index (κ2) is 3.94. The highest BCUT2D eigenvalue weighted by molar-refractivity contribution is 5.12. The molecule has 15 heavy (non-hydrogen) atoms. The zero-order valence-corrected chi connectivity index (χ0v) is 9.45. The molecule has 0 saturated carbocycles. The molecule has 0 amide bonds. The summed E-state index contributed by atoms with van der Waals surface area (Å²) in [5.41, 5.74) is 1.60.